The summed E-state index contributed by atoms with van der Waals surface area (Å²) in [6.07, 6.45) is 2.41. The standard InChI is InChI=1S/C13H18F2N2/c1-10-2-7-17-11(8-10)12(9-16)3-5-13(14,15)6-4-12/h2,7-8H,3-6,9,16H2,1H3. The normalized spacial score (nSPS) is 22.4. The molecule has 2 nitrogen and oxygen atoms in total. The molecule has 2 N–H and O–H groups in total. The number of hydrogen-bond donors (Lipinski definition) is 1. The van der Waals surface area contributed by atoms with Crippen molar-refractivity contribution in [3.8, 4) is 0 Å². The van der Waals surface area contributed by atoms with Crippen LogP contribution in [-0.2, 0) is 5.41 Å². The Balaban J connectivity index is 2.27. The lowest BCUT2D eigenvalue weighted by Crippen LogP contribution is -2.42. The largest absolute Gasteiger partial charge is 0.330 e. The van der Waals surface area contributed by atoms with E-state index in [1.54, 1.807) is 6.20 Å². The Morgan fingerprint density at radius 1 is 1.29 bits per heavy atom. The molecule has 1 heterocycles. The quantitative estimate of drug-likeness (QED) is 0.863. The fraction of sp³-hybridized carbons (Fsp3) is 0.615. The van der Waals surface area contributed by atoms with Crippen LogP contribution in [0.3, 0.4) is 0 Å². The molecule has 1 aromatic rings. The second-order valence-electron chi connectivity index (χ2n) is 5.06. The first-order chi connectivity index (χ1) is 7.97. The Kier molecular flexibility index (Phi) is 3.17. The van der Waals surface area contributed by atoms with E-state index in [2.05, 4.69) is 4.98 Å². The van der Waals surface area contributed by atoms with Crippen LogP contribution < -0.4 is 5.73 Å². The van der Waals surface area contributed by atoms with Crippen molar-refractivity contribution in [2.24, 2.45) is 5.73 Å². The minimum atomic E-state index is -2.53. The van der Waals surface area contributed by atoms with E-state index in [0.29, 0.717) is 19.4 Å². The zero-order valence-corrected chi connectivity index (χ0v) is 10.0. The predicted octanol–water partition coefficient (Wildman–Crippen LogP) is 2.80. The van der Waals surface area contributed by atoms with Gasteiger partial charge >= 0.3 is 0 Å². The van der Waals surface area contributed by atoms with E-state index in [1.807, 2.05) is 19.1 Å². The molecule has 2 rings (SSSR count). The second kappa shape index (κ2) is 4.33. The van der Waals surface area contributed by atoms with Crippen LogP contribution in [0.1, 0.15) is 36.9 Å². The van der Waals surface area contributed by atoms with Gasteiger partial charge < -0.3 is 5.73 Å². The number of nitrogens with zero attached hydrogens (tertiary/aromatic N) is 1. The maximum absolute atomic E-state index is 13.2. The Bertz CT molecular complexity index is 394. The lowest BCUT2D eigenvalue weighted by atomic mass is 9.70. The summed E-state index contributed by atoms with van der Waals surface area (Å²) >= 11 is 0. The van der Waals surface area contributed by atoms with E-state index in [-0.39, 0.29) is 18.3 Å². The molecular formula is C13H18F2N2. The van der Waals surface area contributed by atoms with E-state index in [4.69, 9.17) is 5.73 Å². The van der Waals surface area contributed by atoms with Gasteiger partial charge in [-0.15, -0.1) is 0 Å². The molecule has 94 valence electrons. The second-order valence-corrected chi connectivity index (χ2v) is 5.06. The fourth-order valence-corrected chi connectivity index (χ4v) is 2.49. The van der Waals surface area contributed by atoms with Crippen molar-refractivity contribution in [2.75, 3.05) is 6.54 Å². The van der Waals surface area contributed by atoms with Gasteiger partial charge in [0.2, 0.25) is 5.92 Å². The third-order valence-electron chi connectivity index (χ3n) is 3.79. The molecule has 0 unspecified atom stereocenters. The Hall–Kier alpha value is -1.03. The van der Waals surface area contributed by atoms with Gasteiger partial charge in [0, 0.05) is 36.7 Å². The van der Waals surface area contributed by atoms with Gasteiger partial charge in [-0.1, -0.05) is 0 Å². The molecule has 1 aliphatic rings. The predicted molar refractivity (Wildman–Crippen MR) is 63.1 cm³/mol. The number of halogens is 2. The molecule has 0 amide bonds. The molecule has 1 fully saturated rings. The van der Waals surface area contributed by atoms with Crippen molar-refractivity contribution < 1.29 is 8.78 Å². The van der Waals surface area contributed by atoms with Gasteiger partial charge in [0.05, 0.1) is 0 Å². The highest BCUT2D eigenvalue weighted by Gasteiger charge is 2.44. The first kappa shape index (κ1) is 12.4. The molecule has 0 bridgehead atoms. The maximum atomic E-state index is 13.2. The van der Waals surface area contributed by atoms with E-state index >= 15 is 0 Å². The zero-order valence-electron chi connectivity index (χ0n) is 10.0. The third-order valence-corrected chi connectivity index (χ3v) is 3.79. The van der Waals surface area contributed by atoms with Crippen molar-refractivity contribution in [1.82, 2.24) is 4.98 Å². The van der Waals surface area contributed by atoms with Gasteiger partial charge in [0.1, 0.15) is 0 Å². The summed E-state index contributed by atoms with van der Waals surface area (Å²) in [6.45, 7) is 2.37. The molecule has 0 spiro atoms. The van der Waals surface area contributed by atoms with E-state index < -0.39 is 5.92 Å². The maximum Gasteiger partial charge on any atom is 0.248 e. The number of alkyl halides is 2. The van der Waals surface area contributed by atoms with Crippen LogP contribution in [0.5, 0.6) is 0 Å². The van der Waals surface area contributed by atoms with Crippen LogP contribution >= 0.6 is 0 Å². The topological polar surface area (TPSA) is 38.9 Å². The number of aryl methyl sites for hydroxylation is 1. The molecule has 0 radical (unpaired) electrons. The molecule has 0 atom stereocenters. The van der Waals surface area contributed by atoms with Gasteiger partial charge in [0.25, 0.3) is 0 Å². The first-order valence-electron chi connectivity index (χ1n) is 5.99. The van der Waals surface area contributed by atoms with Gasteiger partial charge in [-0.3, -0.25) is 4.98 Å². The summed E-state index contributed by atoms with van der Waals surface area (Å²) in [5.74, 6) is -2.53. The van der Waals surface area contributed by atoms with Gasteiger partial charge in [-0.25, -0.2) is 8.78 Å². The molecule has 1 saturated carbocycles. The zero-order chi connectivity index (χ0) is 12.5. The molecule has 1 aliphatic carbocycles. The van der Waals surface area contributed by atoms with Crippen LogP contribution in [0.15, 0.2) is 18.3 Å². The number of hydrogen-bond acceptors (Lipinski definition) is 2. The van der Waals surface area contributed by atoms with Crippen LogP contribution in [0.4, 0.5) is 8.78 Å². The SMILES string of the molecule is Cc1ccnc(C2(CN)CCC(F)(F)CC2)c1. The molecule has 17 heavy (non-hydrogen) atoms. The van der Waals surface area contributed by atoms with E-state index in [1.165, 1.54) is 0 Å². The molecule has 0 saturated heterocycles. The van der Waals surface area contributed by atoms with E-state index in [0.717, 1.165) is 11.3 Å². The van der Waals surface area contributed by atoms with Crippen molar-refractivity contribution in [3.63, 3.8) is 0 Å². The Morgan fingerprint density at radius 3 is 2.47 bits per heavy atom. The van der Waals surface area contributed by atoms with Crippen LogP contribution in [0, 0.1) is 6.92 Å². The van der Waals surface area contributed by atoms with Gasteiger partial charge in [-0.2, -0.15) is 0 Å². The number of pyridine rings is 1. The lowest BCUT2D eigenvalue weighted by molar-refractivity contribution is -0.0514. The highest BCUT2D eigenvalue weighted by molar-refractivity contribution is 5.24. The van der Waals surface area contributed by atoms with E-state index in [9.17, 15) is 8.78 Å². The highest BCUT2D eigenvalue weighted by Crippen LogP contribution is 2.44. The number of rotatable bonds is 2. The average molecular weight is 240 g/mol. The molecule has 1 aromatic heterocycles. The van der Waals surface area contributed by atoms with Crippen LogP contribution in [0.25, 0.3) is 0 Å². The fourth-order valence-electron chi connectivity index (χ4n) is 2.49. The minimum absolute atomic E-state index is 0.0835. The van der Waals surface area contributed by atoms with Crippen molar-refractivity contribution >= 4 is 0 Å². The first-order valence-corrected chi connectivity index (χ1v) is 5.99. The van der Waals surface area contributed by atoms with Crippen LogP contribution in [-0.4, -0.2) is 17.5 Å². The lowest BCUT2D eigenvalue weighted by Gasteiger charge is -2.39. The molecule has 0 aromatic carbocycles. The monoisotopic (exact) mass is 240 g/mol. The summed E-state index contributed by atoms with van der Waals surface area (Å²) in [5.41, 5.74) is 7.44. The third kappa shape index (κ3) is 2.46. The van der Waals surface area contributed by atoms with Crippen molar-refractivity contribution in [2.45, 2.75) is 43.9 Å². The number of nitrogens with two attached hydrogens (primary N) is 1. The summed E-state index contributed by atoms with van der Waals surface area (Å²) in [7, 11) is 0. The van der Waals surface area contributed by atoms with Gasteiger partial charge in [-0.05, 0) is 37.5 Å². The minimum Gasteiger partial charge on any atom is -0.330 e. The molecule has 4 heteroatoms. The Labute approximate surface area is 100 Å². The van der Waals surface area contributed by atoms with Crippen molar-refractivity contribution in [3.05, 3.63) is 29.6 Å². The summed E-state index contributed by atoms with van der Waals surface area (Å²) in [4.78, 5) is 4.33. The van der Waals surface area contributed by atoms with Crippen molar-refractivity contribution in [1.29, 1.82) is 0 Å². The smallest absolute Gasteiger partial charge is 0.248 e. The molecule has 0 aliphatic heterocycles. The summed E-state index contributed by atoms with van der Waals surface area (Å²) in [5, 5.41) is 0. The average Bonchev–Trinajstić information content (AvgIpc) is 2.30. The van der Waals surface area contributed by atoms with Gasteiger partial charge in [0.15, 0.2) is 0 Å². The Morgan fingerprint density at radius 2 is 1.94 bits per heavy atom. The van der Waals surface area contributed by atoms with Crippen LogP contribution in [0.2, 0.25) is 0 Å². The highest BCUT2D eigenvalue weighted by atomic mass is 19.3. The number of aromatic nitrogens is 1. The molecular weight excluding hydrogens is 222 g/mol. The summed E-state index contributed by atoms with van der Waals surface area (Å²) in [6, 6.07) is 3.88. The summed E-state index contributed by atoms with van der Waals surface area (Å²) < 4.78 is 26.4.